The number of hydrogen-bond acceptors (Lipinski definition) is 4. The summed E-state index contributed by atoms with van der Waals surface area (Å²) in [6.45, 7) is 0. The van der Waals surface area contributed by atoms with Crippen molar-refractivity contribution in [2.24, 2.45) is 0 Å². The molecule has 0 radical (unpaired) electrons. The van der Waals surface area contributed by atoms with Gasteiger partial charge in [0.15, 0.2) is 0 Å². The van der Waals surface area contributed by atoms with Crippen LogP contribution in [0.3, 0.4) is 0 Å². The Bertz CT molecular complexity index is 472. The number of rotatable bonds is 1. The molecule has 0 unspecified atom stereocenters. The number of aromatic nitrogens is 1. The molecule has 3 N–H and O–H groups in total. The first-order chi connectivity index (χ1) is 6.85. The highest BCUT2D eigenvalue weighted by Crippen LogP contribution is 2.24. The van der Waals surface area contributed by atoms with E-state index in [0.717, 1.165) is 6.20 Å². The van der Waals surface area contributed by atoms with Crippen molar-refractivity contribution in [3.8, 4) is 11.8 Å². The largest absolute Gasteiger partial charge is 0.573 e. The van der Waals surface area contributed by atoms with Gasteiger partial charge >= 0.3 is 6.36 Å². The molecule has 0 aromatic carbocycles. The summed E-state index contributed by atoms with van der Waals surface area (Å²) in [5.41, 5.74) is 3.07. The molecule has 5 nitrogen and oxygen atoms in total. The summed E-state index contributed by atoms with van der Waals surface area (Å²) in [6.07, 6.45) is -4.13. The van der Waals surface area contributed by atoms with Crippen LogP contribution < -0.4 is 16.0 Å². The molecule has 15 heavy (non-hydrogen) atoms. The number of ether oxygens (including phenoxy) is 1. The second-order valence-corrected chi connectivity index (χ2v) is 2.44. The summed E-state index contributed by atoms with van der Waals surface area (Å²) in [4.78, 5) is 12.9. The molecule has 1 aromatic heterocycles. The van der Waals surface area contributed by atoms with Crippen LogP contribution in [0.1, 0.15) is 5.56 Å². The van der Waals surface area contributed by atoms with Crippen LogP contribution in [0, 0.1) is 11.3 Å². The van der Waals surface area contributed by atoms with E-state index in [1.807, 2.05) is 4.98 Å². The lowest BCUT2D eigenvalue weighted by molar-refractivity contribution is -0.275. The normalized spacial score (nSPS) is 10.8. The number of nitrogens with one attached hydrogen (secondary N) is 1. The number of aromatic amines is 1. The Hall–Kier alpha value is -2.17. The molecular weight excluding hydrogens is 215 g/mol. The van der Waals surface area contributed by atoms with Crippen molar-refractivity contribution in [3.63, 3.8) is 0 Å². The summed E-state index contributed by atoms with van der Waals surface area (Å²) in [5.74, 6) is -1.15. The minimum absolute atomic E-state index is 0.295. The lowest BCUT2D eigenvalue weighted by atomic mass is 10.2. The van der Waals surface area contributed by atoms with E-state index >= 15 is 0 Å². The Balaban J connectivity index is 3.34. The maximum Gasteiger partial charge on any atom is 0.573 e. The van der Waals surface area contributed by atoms with Crippen molar-refractivity contribution >= 4 is 5.69 Å². The van der Waals surface area contributed by atoms with Gasteiger partial charge in [-0.15, -0.1) is 13.2 Å². The number of pyridine rings is 1. The highest BCUT2D eigenvalue weighted by atomic mass is 19.4. The van der Waals surface area contributed by atoms with E-state index in [4.69, 9.17) is 11.0 Å². The molecular formula is C7H4F3N3O2. The van der Waals surface area contributed by atoms with Gasteiger partial charge in [-0.2, -0.15) is 5.26 Å². The van der Waals surface area contributed by atoms with Crippen molar-refractivity contribution in [3.05, 3.63) is 22.1 Å². The Morgan fingerprint density at radius 2 is 2.13 bits per heavy atom. The topological polar surface area (TPSA) is 91.9 Å². The standard InChI is InChI=1S/C7H4F3N3O2/c8-7(9,10)15-5-3(1-11)4(12)2-13-6(5)14/h2H,12H2,(H,13,14). The summed E-state index contributed by atoms with van der Waals surface area (Å²) >= 11 is 0. The Morgan fingerprint density at radius 1 is 1.53 bits per heavy atom. The van der Waals surface area contributed by atoms with Crippen LogP contribution in [0.2, 0.25) is 0 Å². The van der Waals surface area contributed by atoms with Crippen LogP contribution in [0.15, 0.2) is 11.0 Å². The number of nitriles is 1. The third-order valence-corrected chi connectivity index (χ3v) is 1.41. The second kappa shape index (κ2) is 3.53. The van der Waals surface area contributed by atoms with Crippen LogP contribution in [-0.4, -0.2) is 11.3 Å². The number of alkyl halides is 3. The molecule has 0 aliphatic heterocycles. The first-order valence-electron chi connectivity index (χ1n) is 3.52. The Labute approximate surface area is 80.9 Å². The quantitative estimate of drug-likeness (QED) is 0.728. The number of halogens is 3. The van der Waals surface area contributed by atoms with Crippen molar-refractivity contribution in [1.29, 1.82) is 5.26 Å². The molecule has 1 aromatic rings. The van der Waals surface area contributed by atoms with Crippen LogP contribution in [0.5, 0.6) is 5.75 Å². The molecule has 80 valence electrons. The fraction of sp³-hybridized carbons (Fsp3) is 0.143. The molecule has 0 amide bonds. The van der Waals surface area contributed by atoms with E-state index in [9.17, 15) is 18.0 Å². The third-order valence-electron chi connectivity index (χ3n) is 1.41. The van der Waals surface area contributed by atoms with Crippen molar-refractivity contribution < 1.29 is 17.9 Å². The number of H-pyrrole nitrogens is 1. The van der Waals surface area contributed by atoms with Gasteiger partial charge in [0.2, 0.25) is 5.75 Å². The monoisotopic (exact) mass is 219 g/mol. The number of nitrogens with two attached hydrogens (primary N) is 1. The SMILES string of the molecule is N#Cc1c(N)c[nH]c(=O)c1OC(F)(F)F. The molecule has 0 spiro atoms. The molecule has 0 fully saturated rings. The lowest BCUT2D eigenvalue weighted by Crippen LogP contribution is -2.24. The lowest BCUT2D eigenvalue weighted by Gasteiger charge is -2.09. The Morgan fingerprint density at radius 3 is 2.60 bits per heavy atom. The second-order valence-electron chi connectivity index (χ2n) is 2.44. The zero-order chi connectivity index (χ0) is 11.6. The number of anilines is 1. The van der Waals surface area contributed by atoms with Crippen molar-refractivity contribution in [2.75, 3.05) is 5.73 Å². The molecule has 0 aliphatic rings. The predicted octanol–water partition coefficient (Wildman–Crippen LogP) is 0.727. The van der Waals surface area contributed by atoms with E-state index < -0.39 is 23.2 Å². The summed E-state index contributed by atoms with van der Waals surface area (Å²) in [5, 5.41) is 8.49. The van der Waals surface area contributed by atoms with Gasteiger partial charge in [-0.1, -0.05) is 0 Å². The van der Waals surface area contributed by atoms with Gasteiger partial charge < -0.3 is 15.5 Å². The average molecular weight is 219 g/mol. The molecule has 0 atom stereocenters. The first-order valence-corrected chi connectivity index (χ1v) is 3.52. The zero-order valence-electron chi connectivity index (χ0n) is 7.05. The smallest absolute Gasteiger partial charge is 0.398 e. The highest BCUT2D eigenvalue weighted by molar-refractivity contribution is 5.58. The maximum atomic E-state index is 11.8. The minimum atomic E-state index is -5.05. The molecule has 1 rings (SSSR count). The van der Waals surface area contributed by atoms with Crippen LogP contribution >= 0.6 is 0 Å². The zero-order valence-corrected chi connectivity index (χ0v) is 7.05. The average Bonchev–Trinajstić information content (AvgIpc) is 2.10. The van der Waals surface area contributed by atoms with Gasteiger partial charge in [-0.05, 0) is 0 Å². The van der Waals surface area contributed by atoms with Gasteiger partial charge in [0.05, 0.1) is 5.69 Å². The number of nitrogen functional groups attached to an aromatic ring is 1. The summed E-state index contributed by atoms with van der Waals surface area (Å²) < 4.78 is 38.9. The van der Waals surface area contributed by atoms with Crippen LogP contribution in [0.4, 0.5) is 18.9 Å². The fourth-order valence-electron chi connectivity index (χ4n) is 0.854. The molecule has 1 heterocycles. The highest BCUT2D eigenvalue weighted by Gasteiger charge is 2.34. The molecule has 0 aliphatic carbocycles. The fourth-order valence-corrected chi connectivity index (χ4v) is 0.854. The summed E-state index contributed by atoms with van der Waals surface area (Å²) in [6, 6.07) is 1.36. The minimum Gasteiger partial charge on any atom is -0.398 e. The van der Waals surface area contributed by atoms with E-state index in [1.165, 1.54) is 6.07 Å². The van der Waals surface area contributed by atoms with Gasteiger partial charge in [0.1, 0.15) is 11.6 Å². The molecule has 0 saturated carbocycles. The third kappa shape index (κ3) is 2.40. The maximum absolute atomic E-state index is 11.8. The summed E-state index contributed by atoms with van der Waals surface area (Å²) in [7, 11) is 0. The Kier molecular flexibility index (Phi) is 2.57. The van der Waals surface area contributed by atoms with E-state index in [2.05, 4.69) is 4.74 Å². The van der Waals surface area contributed by atoms with Gasteiger partial charge in [-0.3, -0.25) is 4.79 Å². The first kappa shape index (κ1) is 10.9. The van der Waals surface area contributed by atoms with Crippen LogP contribution in [-0.2, 0) is 0 Å². The van der Waals surface area contributed by atoms with E-state index in [-0.39, 0.29) is 5.69 Å². The van der Waals surface area contributed by atoms with Crippen LogP contribution in [0.25, 0.3) is 0 Å². The van der Waals surface area contributed by atoms with E-state index in [1.54, 1.807) is 0 Å². The molecule has 0 bridgehead atoms. The van der Waals surface area contributed by atoms with Gasteiger partial charge in [-0.25, -0.2) is 0 Å². The number of hydrogen-bond donors (Lipinski definition) is 2. The van der Waals surface area contributed by atoms with Gasteiger partial charge in [0.25, 0.3) is 5.56 Å². The van der Waals surface area contributed by atoms with Gasteiger partial charge in [0, 0.05) is 6.20 Å². The van der Waals surface area contributed by atoms with Crippen molar-refractivity contribution in [2.45, 2.75) is 6.36 Å². The molecule has 0 saturated heterocycles. The van der Waals surface area contributed by atoms with E-state index in [0.29, 0.717) is 0 Å². The number of nitrogens with zero attached hydrogens (tertiary/aromatic N) is 1. The predicted molar refractivity (Wildman–Crippen MR) is 42.9 cm³/mol. The van der Waals surface area contributed by atoms with Crippen molar-refractivity contribution in [1.82, 2.24) is 4.98 Å². The molecule has 8 heteroatoms.